The number of azo groups is 1. The quantitative estimate of drug-likeness (QED) is 0.611. The van der Waals surface area contributed by atoms with Gasteiger partial charge < -0.3 is 5.11 Å². The fourth-order valence-electron chi connectivity index (χ4n) is 1.98. The van der Waals surface area contributed by atoms with Gasteiger partial charge in [0.25, 0.3) is 0 Å². The molecule has 1 aliphatic rings. The van der Waals surface area contributed by atoms with E-state index in [0.29, 0.717) is 12.1 Å². The van der Waals surface area contributed by atoms with Gasteiger partial charge in [-0.15, -0.1) is 10.8 Å². The van der Waals surface area contributed by atoms with Crippen LogP contribution < -0.4 is 0 Å². The number of allylic oxidation sites excluding steroid dienone is 2. The number of benzene rings is 2. The Morgan fingerprint density at radius 3 is 2.79 bits per heavy atom. The van der Waals surface area contributed by atoms with E-state index in [-0.39, 0.29) is 5.75 Å². The average Bonchev–Trinajstić information content (AvgIpc) is 2.47. The fourth-order valence-corrected chi connectivity index (χ4v) is 1.98. The molecule has 2 aromatic carbocycles. The van der Waals surface area contributed by atoms with Crippen LogP contribution in [0.25, 0.3) is 10.8 Å². The summed E-state index contributed by atoms with van der Waals surface area (Å²) in [6.45, 7) is 0. The third-order valence-corrected chi connectivity index (χ3v) is 2.96. The van der Waals surface area contributed by atoms with Crippen LogP contribution in [0, 0.1) is 0 Å². The number of rotatable bonds is 2. The second kappa shape index (κ2) is 4.92. The van der Waals surface area contributed by atoms with Crippen LogP contribution in [-0.2, 0) is 0 Å². The Bertz CT molecular complexity index is 750. The van der Waals surface area contributed by atoms with Gasteiger partial charge in [0, 0.05) is 11.8 Å². The Morgan fingerprint density at radius 1 is 1.05 bits per heavy atom. The molecule has 2 aromatic rings. The summed E-state index contributed by atoms with van der Waals surface area (Å²) < 4.78 is 0. The standard InChI is InChI=1S/C16H12N2O/c19-15-11-10-12-6-4-5-9-14(12)16(15)18-17-13-7-2-1-3-8-13/h2-7,9-11,19H,8H2. The Morgan fingerprint density at radius 2 is 1.95 bits per heavy atom. The molecular weight excluding hydrogens is 236 g/mol. The highest BCUT2D eigenvalue weighted by atomic mass is 16.3. The number of phenols is 1. The van der Waals surface area contributed by atoms with Crippen molar-refractivity contribution in [2.45, 2.75) is 6.42 Å². The highest BCUT2D eigenvalue weighted by Gasteiger charge is 2.05. The largest absolute Gasteiger partial charge is 0.506 e. The minimum Gasteiger partial charge on any atom is -0.506 e. The smallest absolute Gasteiger partial charge is 0.143 e. The van der Waals surface area contributed by atoms with Crippen LogP contribution in [0.3, 0.4) is 0 Å². The molecule has 3 nitrogen and oxygen atoms in total. The second-order valence-corrected chi connectivity index (χ2v) is 4.25. The van der Waals surface area contributed by atoms with E-state index in [4.69, 9.17) is 0 Å². The van der Waals surface area contributed by atoms with E-state index in [9.17, 15) is 5.11 Å². The van der Waals surface area contributed by atoms with Crippen molar-refractivity contribution in [1.29, 1.82) is 0 Å². The summed E-state index contributed by atoms with van der Waals surface area (Å²) in [6, 6.07) is 11.3. The lowest BCUT2D eigenvalue weighted by Gasteiger charge is -2.04. The van der Waals surface area contributed by atoms with Crippen molar-refractivity contribution >= 4 is 16.5 Å². The first-order chi connectivity index (χ1) is 9.34. The van der Waals surface area contributed by atoms with E-state index in [1.165, 1.54) is 0 Å². The molecule has 0 bridgehead atoms. The predicted molar refractivity (Wildman–Crippen MR) is 75.5 cm³/mol. The lowest BCUT2D eigenvalue weighted by atomic mass is 10.1. The van der Waals surface area contributed by atoms with Crippen molar-refractivity contribution in [2.75, 3.05) is 0 Å². The topological polar surface area (TPSA) is 45.0 Å². The van der Waals surface area contributed by atoms with Crippen LogP contribution in [0.2, 0.25) is 0 Å². The summed E-state index contributed by atoms with van der Waals surface area (Å²) in [5.41, 5.74) is 4.34. The van der Waals surface area contributed by atoms with Gasteiger partial charge in [0.05, 0.1) is 5.70 Å². The van der Waals surface area contributed by atoms with Crippen molar-refractivity contribution in [1.82, 2.24) is 0 Å². The maximum Gasteiger partial charge on any atom is 0.143 e. The molecule has 3 rings (SSSR count). The molecular formula is C16H12N2O. The van der Waals surface area contributed by atoms with Crippen molar-refractivity contribution in [3.63, 3.8) is 0 Å². The van der Waals surface area contributed by atoms with Crippen LogP contribution in [0.1, 0.15) is 6.42 Å². The van der Waals surface area contributed by atoms with Gasteiger partial charge in [-0.1, -0.05) is 30.3 Å². The molecule has 1 aliphatic carbocycles. The summed E-state index contributed by atoms with van der Waals surface area (Å²) in [5.74, 6) is 0.143. The van der Waals surface area contributed by atoms with Gasteiger partial charge >= 0.3 is 0 Å². The van der Waals surface area contributed by atoms with Gasteiger partial charge in [-0.2, -0.15) is 5.11 Å². The molecule has 92 valence electrons. The van der Waals surface area contributed by atoms with Crippen molar-refractivity contribution in [2.24, 2.45) is 10.2 Å². The first-order valence-electron chi connectivity index (χ1n) is 6.07. The molecule has 0 radical (unpaired) electrons. The van der Waals surface area contributed by atoms with Crippen LogP contribution in [0.4, 0.5) is 5.69 Å². The van der Waals surface area contributed by atoms with Gasteiger partial charge in [-0.25, -0.2) is 0 Å². The van der Waals surface area contributed by atoms with Gasteiger partial charge in [0.1, 0.15) is 11.4 Å². The molecule has 0 saturated carbocycles. The lowest BCUT2D eigenvalue weighted by Crippen LogP contribution is -1.78. The molecule has 0 unspecified atom stereocenters. The van der Waals surface area contributed by atoms with E-state index >= 15 is 0 Å². The Kier molecular flexibility index (Phi) is 2.97. The molecule has 0 saturated heterocycles. The normalized spacial score (nSPS) is 14.2. The Labute approximate surface area is 110 Å². The average molecular weight is 248 g/mol. The van der Waals surface area contributed by atoms with Crippen molar-refractivity contribution < 1.29 is 5.11 Å². The molecule has 0 aliphatic heterocycles. The highest BCUT2D eigenvalue weighted by molar-refractivity contribution is 5.95. The first-order valence-corrected chi connectivity index (χ1v) is 6.07. The Balaban J connectivity index is 2.05. The zero-order valence-electron chi connectivity index (χ0n) is 10.2. The van der Waals surface area contributed by atoms with Crippen molar-refractivity contribution in [3.8, 4) is 5.75 Å². The Hall–Kier alpha value is -2.64. The third-order valence-electron chi connectivity index (χ3n) is 2.96. The maximum atomic E-state index is 9.94. The SMILES string of the molecule is Oc1ccc2ccccc2c1N=NC1=CC=C=CC1. The molecule has 3 heteroatoms. The fraction of sp³-hybridized carbons (Fsp3) is 0.0625. The summed E-state index contributed by atoms with van der Waals surface area (Å²) in [7, 11) is 0. The van der Waals surface area contributed by atoms with E-state index in [1.807, 2.05) is 42.5 Å². The monoisotopic (exact) mass is 248 g/mol. The van der Waals surface area contributed by atoms with Crippen LogP contribution in [0.15, 0.2) is 76.3 Å². The van der Waals surface area contributed by atoms with Crippen molar-refractivity contribution in [3.05, 3.63) is 66.1 Å². The number of fused-ring (bicyclic) bond motifs is 1. The minimum absolute atomic E-state index is 0.143. The highest BCUT2D eigenvalue weighted by Crippen LogP contribution is 2.35. The molecule has 0 fully saturated rings. The zero-order valence-corrected chi connectivity index (χ0v) is 10.2. The lowest BCUT2D eigenvalue weighted by molar-refractivity contribution is 0.477. The summed E-state index contributed by atoms with van der Waals surface area (Å²) in [5, 5.41) is 20.3. The second-order valence-electron chi connectivity index (χ2n) is 4.25. The predicted octanol–water partition coefficient (Wildman–Crippen LogP) is 4.63. The number of phenolic OH excluding ortho intramolecular Hbond substituents is 1. The molecule has 0 amide bonds. The molecule has 0 heterocycles. The van der Waals surface area contributed by atoms with Crippen LogP contribution in [-0.4, -0.2) is 5.11 Å². The molecule has 0 spiro atoms. The molecule has 0 aromatic heterocycles. The summed E-state index contributed by atoms with van der Waals surface area (Å²) >= 11 is 0. The van der Waals surface area contributed by atoms with Crippen LogP contribution in [0.5, 0.6) is 5.75 Å². The van der Waals surface area contributed by atoms with Crippen LogP contribution >= 0.6 is 0 Å². The number of hydrogen-bond acceptors (Lipinski definition) is 3. The third kappa shape index (κ3) is 2.32. The van der Waals surface area contributed by atoms with E-state index in [2.05, 4.69) is 16.0 Å². The molecule has 1 N–H and O–H groups in total. The minimum atomic E-state index is 0.143. The molecule has 19 heavy (non-hydrogen) atoms. The maximum absolute atomic E-state index is 9.94. The summed E-state index contributed by atoms with van der Waals surface area (Å²) in [6.07, 6.45) is 6.29. The number of hydrogen-bond donors (Lipinski definition) is 1. The summed E-state index contributed by atoms with van der Waals surface area (Å²) in [4.78, 5) is 0. The van der Waals surface area contributed by atoms with Gasteiger partial charge in [0.2, 0.25) is 0 Å². The van der Waals surface area contributed by atoms with E-state index in [1.54, 1.807) is 12.1 Å². The van der Waals surface area contributed by atoms with E-state index < -0.39 is 0 Å². The first kappa shape index (κ1) is 11.5. The van der Waals surface area contributed by atoms with Gasteiger partial charge in [0.15, 0.2) is 0 Å². The van der Waals surface area contributed by atoms with Gasteiger partial charge in [-0.3, -0.25) is 0 Å². The van der Waals surface area contributed by atoms with Gasteiger partial charge in [-0.05, 0) is 29.7 Å². The zero-order chi connectivity index (χ0) is 13.1. The van der Waals surface area contributed by atoms with E-state index in [0.717, 1.165) is 16.5 Å². The molecule has 0 atom stereocenters. The number of aromatic hydroxyl groups is 1. The number of nitrogens with zero attached hydrogens (tertiary/aromatic N) is 2.